The van der Waals surface area contributed by atoms with Gasteiger partial charge in [0.05, 0.1) is 43.4 Å². The Bertz CT molecular complexity index is 1240. The predicted molar refractivity (Wildman–Crippen MR) is 145 cm³/mol. The minimum Gasteiger partial charge on any atom is -0.378 e. The van der Waals surface area contributed by atoms with E-state index < -0.39 is 6.17 Å². The Kier molecular flexibility index (Phi) is 9.16. The fourth-order valence-corrected chi connectivity index (χ4v) is 4.41. The minimum atomic E-state index is -0.997. The van der Waals surface area contributed by atoms with Gasteiger partial charge in [-0.15, -0.1) is 5.10 Å². The lowest BCUT2D eigenvalue weighted by molar-refractivity contribution is -0.0794. The molecule has 2 unspecified atom stereocenters. The number of rotatable bonds is 7. The maximum Gasteiger partial charge on any atom is 0.243 e. The van der Waals surface area contributed by atoms with Crippen molar-refractivity contribution in [2.45, 2.75) is 45.4 Å². The van der Waals surface area contributed by atoms with Crippen molar-refractivity contribution in [2.24, 2.45) is 16.1 Å². The van der Waals surface area contributed by atoms with E-state index in [1.54, 1.807) is 11.6 Å². The number of aromatic nitrogens is 4. The van der Waals surface area contributed by atoms with Crippen LogP contribution in [0.15, 0.2) is 34.6 Å². The fraction of sp³-hybridized carbons (Fsp3) is 0.577. The smallest absolute Gasteiger partial charge is 0.243 e. The number of nitrogens with one attached hydrogen (secondary N) is 2. The van der Waals surface area contributed by atoms with E-state index in [1.807, 2.05) is 52.2 Å². The standard InChI is InChI=1S/C22H28FN9O.C4H9F/c1-13-17(29-25-3)4-5-18(26-13)15-6-9-32-20(15)21(24-2)28-22(30-32)27-19-7-8-31(10-16(19)23)14-11-33-12-14;1-4(2)3-5/h4-6,9,14,16,19H,7-8,10-12H2,1-3H3,(H2,24,27,28,30);4H,3H2,1-2H3. The SMILES string of the molecule is CC(C)CF.CN=Nc1ccc(-c2ccn3nc(NC4CCN(C5COC5)CC4F)nc(NC)c23)nc1C. The number of hydrogen-bond donors (Lipinski definition) is 2. The molecule has 5 heterocycles. The summed E-state index contributed by atoms with van der Waals surface area (Å²) < 4.78 is 33.0. The molecule has 0 aromatic carbocycles. The molecule has 2 aliphatic heterocycles. The maximum atomic E-state index is 14.9. The zero-order valence-electron chi connectivity index (χ0n) is 22.7. The molecule has 10 nitrogen and oxygen atoms in total. The van der Waals surface area contributed by atoms with Crippen LogP contribution in [0.4, 0.5) is 26.2 Å². The highest BCUT2D eigenvalue weighted by atomic mass is 19.1. The molecule has 0 bridgehead atoms. The van der Waals surface area contributed by atoms with Gasteiger partial charge in [0, 0.05) is 38.9 Å². The highest BCUT2D eigenvalue weighted by molar-refractivity contribution is 5.87. The molecule has 2 fully saturated rings. The summed E-state index contributed by atoms with van der Waals surface area (Å²) in [5.41, 5.74) is 4.02. The Balaban J connectivity index is 0.000000617. The molecule has 206 valence electrons. The number of fused-ring (bicyclic) bond motifs is 1. The minimum absolute atomic E-state index is 0.194. The van der Waals surface area contributed by atoms with Crippen LogP contribution in [0.5, 0.6) is 0 Å². The van der Waals surface area contributed by atoms with E-state index in [1.165, 1.54) is 0 Å². The molecular weight excluding hydrogens is 492 g/mol. The number of nitrogens with zero attached hydrogens (tertiary/aromatic N) is 7. The second kappa shape index (κ2) is 12.5. The zero-order chi connectivity index (χ0) is 27.2. The van der Waals surface area contributed by atoms with Gasteiger partial charge >= 0.3 is 0 Å². The number of anilines is 2. The Labute approximate surface area is 221 Å². The number of likely N-dealkylation sites (tertiary alicyclic amines) is 1. The van der Waals surface area contributed by atoms with Gasteiger partial charge in [-0.1, -0.05) is 13.8 Å². The van der Waals surface area contributed by atoms with Crippen molar-refractivity contribution in [3.8, 4) is 11.3 Å². The quantitative estimate of drug-likeness (QED) is 0.428. The first-order chi connectivity index (χ1) is 18.3. The summed E-state index contributed by atoms with van der Waals surface area (Å²) >= 11 is 0. The molecule has 3 aromatic rings. The molecule has 0 saturated carbocycles. The first kappa shape index (κ1) is 27.8. The topological polar surface area (TPSA) is 104 Å². The summed E-state index contributed by atoms with van der Waals surface area (Å²) in [4.78, 5) is 11.5. The summed E-state index contributed by atoms with van der Waals surface area (Å²) in [6.45, 7) is 8.04. The van der Waals surface area contributed by atoms with Gasteiger partial charge in [-0.25, -0.2) is 8.91 Å². The average Bonchev–Trinajstić information content (AvgIpc) is 3.30. The van der Waals surface area contributed by atoms with Gasteiger partial charge in [0.15, 0.2) is 5.82 Å². The first-order valence-corrected chi connectivity index (χ1v) is 13.0. The van der Waals surface area contributed by atoms with Crippen LogP contribution >= 0.6 is 0 Å². The van der Waals surface area contributed by atoms with Crippen LogP contribution < -0.4 is 10.6 Å². The highest BCUT2D eigenvalue weighted by Gasteiger charge is 2.35. The number of alkyl halides is 2. The summed E-state index contributed by atoms with van der Waals surface area (Å²) in [6.07, 6.45) is 1.55. The lowest BCUT2D eigenvalue weighted by Gasteiger charge is -2.42. The molecule has 0 radical (unpaired) electrons. The summed E-state index contributed by atoms with van der Waals surface area (Å²) in [7, 11) is 3.44. The van der Waals surface area contributed by atoms with E-state index in [2.05, 4.69) is 40.8 Å². The highest BCUT2D eigenvalue weighted by Crippen LogP contribution is 2.31. The lowest BCUT2D eigenvalue weighted by atomic mass is 10.0. The average molecular weight is 530 g/mol. The second-order valence-electron chi connectivity index (χ2n) is 9.95. The number of azo groups is 1. The molecule has 12 heteroatoms. The molecule has 0 aliphatic carbocycles. The predicted octanol–water partition coefficient (Wildman–Crippen LogP) is 4.69. The van der Waals surface area contributed by atoms with Crippen LogP contribution in [0.3, 0.4) is 0 Å². The molecule has 2 N–H and O–H groups in total. The van der Waals surface area contributed by atoms with Crippen molar-refractivity contribution in [2.75, 3.05) is 57.7 Å². The van der Waals surface area contributed by atoms with Gasteiger partial charge in [0.1, 0.15) is 17.4 Å². The van der Waals surface area contributed by atoms with E-state index in [0.29, 0.717) is 44.0 Å². The third-order valence-corrected chi connectivity index (χ3v) is 6.62. The van der Waals surface area contributed by atoms with Gasteiger partial charge in [-0.2, -0.15) is 15.2 Å². The number of hydrogen-bond acceptors (Lipinski definition) is 9. The largest absolute Gasteiger partial charge is 0.378 e. The van der Waals surface area contributed by atoms with Gasteiger partial charge in [-0.3, -0.25) is 14.3 Å². The van der Waals surface area contributed by atoms with Crippen molar-refractivity contribution in [1.82, 2.24) is 24.5 Å². The number of ether oxygens (including phenoxy) is 1. The number of piperidine rings is 1. The van der Waals surface area contributed by atoms with E-state index in [9.17, 15) is 8.78 Å². The van der Waals surface area contributed by atoms with Crippen LogP contribution in [0.2, 0.25) is 0 Å². The molecule has 3 aromatic heterocycles. The van der Waals surface area contributed by atoms with Crippen molar-refractivity contribution in [3.05, 3.63) is 30.1 Å². The van der Waals surface area contributed by atoms with Crippen LogP contribution in [-0.2, 0) is 4.74 Å². The van der Waals surface area contributed by atoms with E-state index in [-0.39, 0.29) is 18.6 Å². The molecule has 0 amide bonds. The van der Waals surface area contributed by atoms with Crippen LogP contribution in [0.1, 0.15) is 26.0 Å². The maximum absolute atomic E-state index is 14.9. The van der Waals surface area contributed by atoms with E-state index in [4.69, 9.17) is 4.74 Å². The fourth-order valence-electron chi connectivity index (χ4n) is 4.41. The van der Waals surface area contributed by atoms with Crippen LogP contribution in [0.25, 0.3) is 16.8 Å². The molecule has 2 aliphatic rings. The molecule has 2 atom stereocenters. The molecule has 2 saturated heterocycles. The summed E-state index contributed by atoms with van der Waals surface area (Å²) in [5.74, 6) is 1.25. The summed E-state index contributed by atoms with van der Waals surface area (Å²) in [6, 6.07) is 5.78. The third-order valence-electron chi connectivity index (χ3n) is 6.62. The van der Waals surface area contributed by atoms with Gasteiger partial charge in [-0.05, 0) is 37.5 Å². The van der Waals surface area contributed by atoms with Crippen molar-refractivity contribution >= 4 is 23.0 Å². The van der Waals surface area contributed by atoms with Crippen molar-refractivity contribution < 1.29 is 13.5 Å². The number of pyridine rings is 1. The van der Waals surface area contributed by atoms with Gasteiger partial charge in [0.2, 0.25) is 5.95 Å². The normalized spacial score (nSPS) is 20.4. The van der Waals surface area contributed by atoms with E-state index in [0.717, 1.165) is 34.7 Å². The molecule has 0 spiro atoms. The Morgan fingerprint density at radius 2 is 1.97 bits per heavy atom. The summed E-state index contributed by atoms with van der Waals surface area (Å²) in [5, 5.41) is 18.9. The van der Waals surface area contributed by atoms with E-state index >= 15 is 0 Å². The first-order valence-electron chi connectivity index (χ1n) is 13.0. The Morgan fingerprint density at radius 3 is 2.55 bits per heavy atom. The van der Waals surface area contributed by atoms with Crippen LogP contribution in [0, 0.1) is 12.8 Å². The second-order valence-corrected chi connectivity index (χ2v) is 9.95. The molecule has 5 rings (SSSR count). The Hall–Kier alpha value is -3.25. The molecule has 38 heavy (non-hydrogen) atoms. The van der Waals surface area contributed by atoms with Gasteiger partial charge < -0.3 is 15.4 Å². The Morgan fingerprint density at radius 1 is 1.21 bits per heavy atom. The number of halogens is 2. The van der Waals surface area contributed by atoms with Crippen LogP contribution in [-0.4, -0.2) is 89.8 Å². The van der Waals surface area contributed by atoms with Crippen molar-refractivity contribution in [1.29, 1.82) is 0 Å². The van der Waals surface area contributed by atoms with Gasteiger partial charge in [0.25, 0.3) is 0 Å². The third kappa shape index (κ3) is 6.24. The zero-order valence-corrected chi connectivity index (χ0v) is 22.7. The van der Waals surface area contributed by atoms with Crippen molar-refractivity contribution in [3.63, 3.8) is 0 Å². The lowest BCUT2D eigenvalue weighted by Crippen LogP contribution is -2.57. The molecular formula is C26H37F2N9O. The monoisotopic (exact) mass is 529 g/mol. The number of aryl methyl sites for hydroxylation is 1.